The molecular formula is C9H8N2O3. The Morgan fingerprint density at radius 3 is 3.07 bits per heavy atom. The standard InChI is InChI=1S/C9H8N2O3/c1-13-8-7(6-2-3-14-4-6)10-5-11-9(8)12/h2-5H,1H3,(H,10,11,12). The van der Waals surface area contributed by atoms with Gasteiger partial charge in [0.05, 0.1) is 26.0 Å². The molecule has 0 aliphatic heterocycles. The number of H-pyrrole nitrogens is 1. The lowest BCUT2D eigenvalue weighted by Crippen LogP contribution is -2.10. The second-order valence-electron chi connectivity index (χ2n) is 2.63. The summed E-state index contributed by atoms with van der Waals surface area (Å²) in [5, 5.41) is 0. The minimum atomic E-state index is -0.307. The zero-order valence-corrected chi connectivity index (χ0v) is 7.48. The first-order valence-electron chi connectivity index (χ1n) is 3.97. The van der Waals surface area contributed by atoms with Crippen molar-refractivity contribution in [1.82, 2.24) is 9.97 Å². The van der Waals surface area contributed by atoms with Crippen molar-refractivity contribution in [2.75, 3.05) is 7.11 Å². The van der Waals surface area contributed by atoms with Crippen molar-refractivity contribution >= 4 is 0 Å². The van der Waals surface area contributed by atoms with Crippen LogP contribution in [0.4, 0.5) is 0 Å². The molecule has 0 atom stereocenters. The molecule has 72 valence electrons. The van der Waals surface area contributed by atoms with Gasteiger partial charge in [-0.2, -0.15) is 0 Å². The quantitative estimate of drug-likeness (QED) is 0.771. The molecule has 14 heavy (non-hydrogen) atoms. The molecule has 0 aliphatic carbocycles. The molecule has 0 aliphatic rings. The van der Waals surface area contributed by atoms with E-state index in [1.807, 2.05) is 0 Å². The van der Waals surface area contributed by atoms with Gasteiger partial charge in [-0.3, -0.25) is 4.79 Å². The van der Waals surface area contributed by atoms with Crippen LogP contribution in [0.3, 0.4) is 0 Å². The summed E-state index contributed by atoms with van der Waals surface area (Å²) in [6.07, 6.45) is 4.34. The molecule has 0 unspecified atom stereocenters. The molecule has 0 aromatic carbocycles. The van der Waals surface area contributed by atoms with Crippen LogP contribution in [-0.4, -0.2) is 17.1 Å². The highest BCUT2D eigenvalue weighted by Gasteiger charge is 2.11. The maximum Gasteiger partial charge on any atom is 0.293 e. The molecule has 2 aromatic rings. The van der Waals surface area contributed by atoms with Crippen molar-refractivity contribution in [2.45, 2.75) is 0 Å². The summed E-state index contributed by atoms with van der Waals surface area (Å²) in [5.74, 6) is 0.189. The molecule has 5 nitrogen and oxygen atoms in total. The Balaban J connectivity index is 2.64. The summed E-state index contributed by atoms with van der Waals surface area (Å²) in [6, 6.07) is 1.71. The molecular weight excluding hydrogens is 184 g/mol. The first kappa shape index (κ1) is 8.55. The van der Waals surface area contributed by atoms with Crippen LogP contribution in [-0.2, 0) is 0 Å². The highest BCUT2D eigenvalue weighted by atomic mass is 16.5. The van der Waals surface area contributed by atoms with Gasteiger partial charge in [-0.25, -0.2) is 4.98 Å². The highest BCUT2D eigenvalue weighted by Crippen LogP contribution is 2.23. The fourth-order valence-corrected chi connectivity index (χ4v) is 1.18. The molecule has 2 heterocycles. The molecule has 2 aromatic heterocycles. The van der Waals surface area contributed by atoms with Gasteiger partial charge in [-0.15, -0.1) is 0 Å². The Morgan fingerprint density at radius 2 is 2.43 bits per heavy atom. The van der Waals surface area contributed by atoms with E-state index >= 15 is 0 Å². The molecule has 5 heteroatoms. The zero-order chi connectivity index (χ0) is 9.97. The number of aromatic nitrogens is 2. The van der Waals surface area contributed by atoms with Crippen molar-refractivity contribution in [3.8, 4) is 17.0 Å². The Bertz CT molecular complexity index is 473. The lowest BCUT2D eigenvalue weighted by atomic mass is 10.2. The van der Waals surface area contributed by atoms with Gasteiger partial charge >= 0.3 is 0 Å². The van der Waals surface area contributed by atoms with Gasteiger partial charge in [0.1, 0.15) is 5.69 Å². The number of nitrogens with zero attached hydrogens (tertiary/aromatic N) is 1. The van der Waals surface area contributed by atoms with Crippen LogP contribution in [0.15, 0.2) is 34.1 Å². The predicted molar refractivity (Wildman–Crippen MR) is 49.1 cm³/mol. The van der Waals surface area contributed by atoms with E-state index in [0.717, 1.165) is 0 Å². The van der Waals surface area contributed by atoms with Crippen molar-refractivity contribution in [2.24, 2.45) is 0 Å². The zero-order valence-electron chi connectivity index (χ0n) is 7.48. The average molecular weight is 192 g/mol. The van der Waals surface area contributed by atoms with Gasteiger partial charge in [-0.1, -0.05) is 0 Å². The van der Waals surface area contributed by atoms with Crippen LogP contribution in [0.1, 0.15) is 0 Å². The molecule has 1 N–H and O–H groups in total. The third kappa shape index (κ3) is 1.28. The monoisotopic (exact) mass is 192 g/mol. The topological polar surface area (TPSA) is 68.1 Å². The van der Waals surface area contributed by atoms with Gasteiger partial charge in [0, 0.05) is 5.56 Å². The number of methoxy groups -OCH3 is 1. The maximum absolute atomic E-state index is 11.3. The molecule has 0 fully saturated rings. The summed E-state index contributed by atoms with van der Waals surface area (Å²) in [5.41, 5.74) is 0.886. The Morgan fingerprint density at radius 1 is 1.57 bits per heavy atom. The summed E-state index contributed by atoms with van der Waals surface area (Å²) in [4.78, 5) is 17.8. The molecule has 0 bridgehead atoms. The Kier molecular flexibility index (Phi) is 2.06. The van der Waals surface area contributed by atoms with Crippen LogP contribution < -0.4 is 10.3 Å². The summed E-state index contributed by atoms with van der Waals surface area (Å²) in [6.45, 7) is 0. The number of ether oxygens (including phenoxy) is 1. The number of furan rings is 1. The molecule has 0 saturated carbocycles. The van der Waals surface area contributed by atoms with Crippen LogP contribution in [0, 0.1) is 0 Å². The average Bonchev–Trinajstić information content (AvgIpc) is 2.70. The second kappa shape index (κ2) is 3.37. The predicted octanol–water partition coefficient (Wildman–Crippen LogP) is 1.04. The number of rotatable bonds is 2. The van der Waals surface area contributed by atoms with E-state index in [9.17, 15) is 4.79 Å². The normalized spacial score (nSPS) is 10.1. The summed E-state index contributed by atoms with van der Waals surface area (Å²) >= 11 is 0. The number of nitrogens with one attached hydrogen (secondary N) is 1. The van der Waals surface area contributed by atoms with Gasteiger partial charge in [0.25, 0.3) is 5.56 Å². The fraction of sp³-hybridized carbons (Fsp3) is 0.111. The molecule has 0 spiro atoms. The minimum Gasteiger partial charge on any atom is -0.490 e. The second-order valence-corrected chi connectivity index (χ2v) is 2.63. The van der Waals surface area contributed by atoms with Gasteiger partial charge < -0.3 is 14.1 Å². The third-order valence-electron chi connectivity index (χ3n) is 1.81. The van der Waals surface area contributed by atoms with Crippen LogP contribution in [0.5, 0.6) is 5.75 Å². The summed E-state index contributed by atoms with van der Waals surface area (Å²) < 4.78 is 9.85. The minimum absolute atomic E-state index is 0.189. The van der Waals surface area contributed by atoms with Crippen LogP contribution in [0.2, 0.25) is 0 Å². The van der Waals surface area contributed by atoms with E-state index in [1.54, 1.807) is 6.07 Å². The maximum atomic E-state index is 11.3. The van der Waals surface area contributed by atoms with E-state index in [-0.39, 0.29) is 11.3 Å². The Labute approximate surface area is 79.4 Å². The first-order chi connectivity index (χ1) is 6.83. The van der Waals surface area contributed by atoms with E-state index < -0.39 is 0 Å². The van der Waals surface area contributed by atoms with E-state index in [0.29, 0.717) is 11.3 Å². The largest absolute Gasteiger partial charge is 0.490 e. The molecule has 0 radical (unpaired) electrons. The van der Waals surface area contributed by atoms with Crippen molar-refractivity contribution < 1.29 is 9.15 Å². The number of hydrogen-bond acceptors (Lipinski definition) is 4. The van der Waals surface area contributed by atoms with Crippen molar-refractivity contribution in [3.63, 3.8) is 0 Å². The molecule has 0 saturated heterocycles. The third-order valence-corrected chi connectivity index (χ3v) is 1.81. The van der Waals surface area contributed by atoms with Crippen LogP contribution in [0.25, 0.3) is 11.3 Å². The van der Waals surface area contributed by atoms with Crippen molar-refractivity contribution in [1.29, 1.82) is 0 Å². The number of hydrogen-bond donors (Lipinski definition) is 1. The van der Waals surface area contributed by atoms with E-state index in [1.165, 1.54) is 26.0 Å². The van der Waals surface area contributed by atoms with Gasteiger partial charge in [-0.05, 0) is 6.07 Å². The first-order valence-corrected chi connectivity index (χ1v) is 3.97. The summed E-state index contributed by atoms with van der Waals surface area (Å²) in [7, 11) is 1.43. The highest BCUT2D eigenvalue weighted by molar-refractivity contribution is 5.63. The van der Waals surface area contributed by atoms with Crippen LogP contribution >= 0.6 is 0 Å². The van der Waals surface area contributed by atoms with Gasteiger partial charge in [0.2, 0.25) is 5.75 Å². The van der Waals surface area contributed by atoms with E-state index in [4.69, 9.17) is 9.15 Å². The van der Waals surface area contributed by atoms with E-state index in [2.05, 4.69) is 9.97 Å². The lowest BCUT2D eigenvalue weighted by Gasteiger charge is -2.02. The lowest BCUT2D eigenvalue weighted by molar-refractivity contribution is 0.408. The molecule has 2 rings (SSSR count). The fourth-order valence-electron chi connectivity index (χ4n) is 1.18. The van der Waals surface area contributed by atoms with Crippen molar-refractivity contribution in [3.05, 3.63) is 35.3 Å². The smallest absolute Gasteiger partial charge is 0.293 e. The SMILES string of the molecule is COc1c(-c2ccoc2)nc[nH]c1=O. The molecule has 0 amide bonds. The number of aromatic amines is 1. The Hall–Kier alpha value is -2.04. The van der Waals surface area contributed by atoms with Gasteiger partial charge in [0.15, 0.2) is 0 Å².